The van der Waals surface area contributed by atoms with Crippen molar-refractivity contribution < 1.29 is 9.53 Å². The number of amides is 1. The summed E-state index contributed by atoms with van der Waals surface area (Å²) in [6, 6.07) is 25.1. The minimum Gasteiger partial charge on any atom is -0.449 e. The standard InChI is InChI=1S/C29H28N2O2/c32-29(30-17-6-5-10-22-11-9-12-23(20-22)31-18-7-8-19-31)33-21-28-26-15-3-1-13-24(26)25-14-2-4-16-27(25)28/h1-4,9,11-16,20,28H,6-8,17-19,21H2,(H,30,32). The number of nitrogens with one attached hydrogen (secondary N) is 1. The Morgan fingerprint density at radius 3 is 2.36 bits per heavy atom. The van der Waals surface area contributed by atoms with Crippen LogP contribution < -0.4 is 10.2 Å². The van der Waals surface area contributed by atoms with Crippen LogP contribution in [-0.4, -0.2) is 32.3 Å². The zero-order valence-corrected chi connectivity index (χ0v) is 18.7. The van der Waals surface area contributed by atoms with Crippen molar-refractivity contribution in [2.75, 3.05) is 31.1 Å². The average Bonchev–Trinajstić information content (AvgIpc) is 3.50. The second-order valence-electron chi connectivity index (χ2n) is 8.55. The van der Waals surface area contributed by atoms with Crippen LogP contribution in [0.3, 0.4) is 0 Å². The SMILES string of the molecule is O=C(NCCC#Cc1cccc(N2CCCC2)c1)OCC1c2ccccc2-c2ccccc21. The molecule has 1 amide bonds. The van der Waals surface area contributed by atoms with Gasteiger partial charge in [-0.05, 0) is 53.3 Å². The fraction of sp³-hybridized carbons (Fsp3) is 0.276. The molecule has 2 aliphatic rings. The normalized spacial score (nSPS) is 14.2. The van der Waals surface area contributed by atoms with Gasteiger partial charge in [0.1, 0.15) is 6.61 Å². The van der Waals surface area contributed by atoms with Crippen molar-refractivity contribution in [3.8, 4) is 23.0 Å². The molecule has 0 spiro atoms. The van der Waals surface area contributed by atoms with Crippen LogP contribution in [0.5, 0.6) is 0 Å². The molecule has 0 radical (unpaired) electrons. The van der Waals surface area contributed by atoms with E-state index >= 15 is 0 Å². The van der Waals surface area contributed by atoms with Crippen LogP contribution in [0.15, 0.2) is 72.8 Å². The van der Waals surface area contributed by atoms with Gasteiger partial charge in [-0.3, -0.25) is 0 Å². The maximum absolute atomic E-state index is 12.3. The highest BCUT2D eigenvalue weighted by Gasteiger charge is 2.28. The van der Waals surface area contributed by atoms with E-state index in [-0.39, 0.29) is 5.92 Å². The number of fused-ring (bicyclic) bond motifs is 3. The Kier molecular flexibility index (Phi) is 6.30. The Hall–Kier alpha value is -3.71. The molecule has 3 aromatic rings. The molecule has 3 aromatic carbocycles. The summed E-state index contributed by atoms with van der Waals surface area (Å²) in [6.45, 7) is 3.05. The minimum atomic E-state index is -0.394. The van der Waals surface area contributed by atoms with Crippen LogP contribution in [0.2, 0.25) is 0 Å². The second-order valence-corrected chi connectivity index (χ2v) is 8.55. The van der Waals surface area contributed by atoms with Crippen LogP contribution in [0.25, 0.3) is 11.1 Å². The molecule has 4 nitrogen and oxygen atoms in total. The van der Waals surface area contributed by atoms with Gasteiger partial charge in [0.05, 0.1) is 0 Å². The van der Waals surface area contributed by atoms with Gasteiger partial charge in [-0.15, -0.1) is 0 Å². The van der Waals surface area contributed by atoms with Crippen molar-refractivity contribution in [2.24, 2.45) is 0 Å². The van der Waals surface area contributed by atoms with Crippen molar-refractivity contribution >= 4 is 11.8 Å². The van der Waals surface area contributed by atoms with Gasteiger partial charge in [0.15, 0.2) is 0 Å². The highest BCUT2D eigenvalue weighted by Crippen LogP contribution is 2.44. The number of carbonyl (C=O) groups excluding carboxylic acids is 1. The van der Waals surface area contributed by atoms with E-state index in [0.29, 0.717) is 19.6 Å². The lowest BCUT2D eigenvalue weighted by Gasteiger charge is -2.17. The van der Waals surface area contributed by atoms with E-state index in [0.717, 1.165) is 18.7 Å². The van der Waals surface area contributed by atoms with Crippen LogP contribution in [0, 0.1) is 11.8 Å². The molecule has 1 aliphatic heterocycles. The lowest BCUT2D eigenvalue weighted by atomic mass is 9.98. The molecule has 1 saturated heterocycles. The summed E-state index contributed by atoms with van der Waals surface area (Å²) >= 11 is 0. The van der Waals surface area contributed by atoms with E-state index in [1.165, 1.54) is 40.8 Å². The topological polar surface area (TPSA) is 41.6 Å². The van der Waals surface area contributed by atoms with Crippen molar-refractivity contribution in [3.63, 3.8) is 0 Å². The molecule has 0 atom stereocenters. The summed E-state index contributed by atoms with van der Waals surface area (Å²) in [5, 5.41) is 2.83. The Morgan fingerprint density at radius 1 is 0.939 bits per heavy atom. The predicted octanol–water partition coefficient (Wildman–Crippen LogP) is 5.57. The van der Waals surface area contributed by atoms with E-state index < -0.39 is 6.09 Å². The van der Waals surface area contributed by atoms with Crippen molar-refractivity contribution in [2.45, 2.75) is 25.2 Å². The highest BCUT2D eigenvalue weighted by atomic mass is 16.5. The quantitative estimate of drug-likeness (QED) is 0.420. The van der Waals surface area contributed by atoms with Crippen LogP contribution in [0.4, 0.5) is 10.5 Å². The van der Waals surface area contributed by atoms with Gasteiger partial charge in [-0.1, -0.05) is 66.4 Å². The maximum atomic E-state index is 12.3. The first-order valence-electron chi connectivity index (χ1n) is 11.7. The summed E-state index contributed by atoms with van der Waals surface area (Å²) in [5.41, 5.74) is 7.15. The summed E-state index contributed by atoms with van der Waals surface area (Å²) in [5.74, 6) is 6.45. The van der Waals surface area contributed by atoms with Gasteiger partial charge in [-0.2, -0.15) is 0 Å². The molecule has 0 aromatic heterocycles. The lowest BCUT2D eigenvalue weighted by molar-refractivity contribution is 0.143. The Morgan fingerprint density at radius 2 is 1.64 bits per heavy atom. The summed E-state index contributed by atoms with van der Waals surface area (Å²) in [7, 11) is 0. The third kappa shape index (κ3) is 4.73. The Labute approximate surface area is 195 Å². The number of carbonyl (C=O) groups is 1. The molecule has 1 N–H and O–H groups in total. The third-order valence-electron chi connectivity index (χ3n) is 6.41. The molecule has 0 bridgehead atoms. The molecule has 33 heavy (non-hydrogen) atoms. The van der Waals surface area contributed by atoms with Gasteiger partial charge in [0, 0.05) is 43.2 Å². The number of hydrogen-bond donors (Lipinski definition) is 1. The van der Waals surface area contributed by atoms with Crippen molar-refractivity contribution in [1.29, 1.82) is 0 Å². The highest BCUT2D eigenvalue weighted by molar-refractivity contribution is 5.79. The van der Waals surface area contributed by atoms with Gasteiger partial charge in [-0.25, -0.2) is 4.79 Å². The molecule has 4 heteroatoms. The monoisotopic (exact) mass is 436 g/mol. The van der Waals surface area contributed by atoms with E-state index in [1.54, 1.807) is 0 Å². The van der Waals surface area contributed by atoms with Gasteiger partial charge in [0.25, 0.3) is 0 Å². The largest absolute Gasteiger partial charge is 0.449 e. The lowest BCUT2D eigenvalue weighted by Crippen LogP contribution is -2.26. The first kappa shape index (κ1) is 21.2. The van der Waals surface area contributed by atoms with E-state index in [9.17, 15) is 4.79 Å². The first-order valence-corrected chi connectivity index (χ1v) is 11.7. The smallest absolute Gasteiger partial charge is 0.407 e. The summed E-state index contributed by atoms with van der Waals surface area (Å²) < 4.78 is 5.57. The molecular weight excluding hydrogens is 408 g/mol. The van der Waals surface area contributed by atoms with Crippen LogP contribution >= 0.6 is 0 Å². The number of anilines is 1. The third-order valence-corrected chi connectivity index (χ3v) is 6.41. The number of alkyl carbamates (subject to hydrolysis) is 1. The Bertz CT molecular complexity index is 1160. The average molecular weight is 437 g/mol. The van der Waals surface area contributed by atoms with Gasteiger partial charge >= 0.3 is 6.09 Å². The fourth-order valence-corrected chi connectivity index (χ4v) is 4.80. The molecule has 5 rings (SSSR count). The minimum absolute atomic E-state index is 0.0748. The number of rotatable bonds is 5. The number of hydrogen-bond acceptors (Lipinski definition) is 3. The van der Waals surface area contributed by atoms with E-state index in [2.05, 4.69) is 76.7 Å². The molecule has 0 saturated carbocycles. The fourth-order valence-electron chi connectivity index (χ4n) is 4.80. The second kappa shape index (κ2) is 9.83. The van der Waals surface area contributed by atoms with Gasteiger partial charge < -0.3 is 15.0 Å². The molecule has 0 unspecified atom stereocenters. The molecule has 1 aliphatic carbocycles. The zero-order valence-electron chi connectivity index (χ0n) is 18.7. The Balaban J connectivity index is 1.11. The summed E-state index contributed by atoms with van der Waals surface area (Å²) in [4.78, 5) is 14.7. The van der Waals surface area contributed by atoms with Crippen molar-refractivity contribution in [3.05, 3.63) is 89.5 Å². The number of benzene rings is 3. The van der Waals surface area contributed by atoms with E-state index in [4.69, 9.17) is 4.74 Å². The van der Waals surface area contributed by atoms with Crippen molar-refractivity contribution in [1.82, 2.24) is 5.32 Å². The predicted molar refractivity (Wildman–Crippen MR) is 132 cm³/mol. The zero-order chi connectivity index (χ0) is 22.5. The maximum Gasteiger partial charge on any atom is 0.407 e. The molecular formula is C29H28N2O2. The van der Waals surface area contributed by atoms with Gasteiger partial charge in [0.2, 0.25) is 0 Å². The number of nitrogens with zero attached hydrogens (tertiary/aromatic N) is 1. The van der Waals surface area contributed by atoms with Crippen LogP contribution in [-0.2, 0) is 4.74 Å². The van der Waals surface area contributed by atoms with E-state index in [1.807, 2.05) is 18.2 Å². The number of ether oxygens (including phenoxy) is 1. The molecule has 1 heterocycles. The summed E-state index contributed by atoms with van der Waals surface area (Å²) in [6.07, 6.45) is 2.71. The first-order chi connectivity index (χ1) is 16.3. The molecule has 1 fully saturated rings. The van der Waals surface area contributed by atoms with Crippen LogP contribution in [0.1, 0.15) is 41.9 Å². The molecule has 166 valence electrons.